The molecule has 0 bridgehead atoms. The molecule has 0 aliphatic heterocycles. The maximum absolute atomic E-state index is 11.3. The summed E-state index contributed by atoms with van der Waals surface area (Å²) >= 11 is 0. The van der Waals surface area contributed by atoms with Crippen LogP contribution in [0.4, 0.5) is 4.79 Å². The zero-order chi connectivity index (χ0) is 12.1. The van der Waals surface area contributed by atoms with E-state index in [1.54, 1.807) is 20.8 Å². The maximum atomic E-state index is 11.3. The van der Waals surface area contributed by atoms with Crippen LogP contribution in [-0.2, 0) is 9.45 Å². The molecule has 0 spiro atoms. The molecule has 6 nitrogen and oxygen atoms in total. The van der Waals surface area contributed by atoms with E-state index in [0.29, 0.717) is 0 Å². The molecule has 0 heterocycles. The molecule has 82 valence electrons. The number of hydrogen-bond acceptors (Lipinski definition) is 4. The first-order valence-corrected chi connectivity index (χ1v) is 4.64. The molecule has 0 aromatic carbocycles. The fourth-order valence-corrected chi connectivity index (χ4v) is 0.658. The van der Waals surface area contributed by atoms with Crippen molar-refractivity contribution >= 4 is 34.3 Å². The first kappa shape index (κ1) is 13.9. The van der Waals surface area contributed by atoms with E-state index in [2.05, 4.69) is 15.1 Å². The average molecular weight is 212 g/mol. The number of nitrogens with one attached hydrogen (secondary N) is 2. The topological polar surface area (TPSA) is 87.7 Å². The van der Waals surface area contributed by atoms with Crippen LogP contribution >= 0.6 is 0 Å². The van der Waals surface area contributed by atoms with E-state index in [1.807, 2.05) is 0 Å². The lowest BCUT2D eigenvalue weighted by Gasteiger charge is -2.17. The third-order valence-electron chi connectivity index (χ3n) is 1.44. The molecule has 0 saturated heterocycles. The molecule has 9 heteroatoms. The first-order chi connectivity index (χ1) is 6.73. The van der Waals surface area contributed by atoms with Gasteiger partial charge in [-0.15, -0.1) is 0 Å². The van der Waals surface area contributed by atoms with E-state index >= 15 is 0 Å². The van der Waals surface area contributed by atoms with Crippen molar-refractivity contribution in [3.8, 4) is 0 Å². The van der Waals surface area contributed by atoms with Crippen molar-refractivity contribution in [3.63, 3.8) is 0 Å². The highest BCUT2D eigenvalue weighted by Crippen LogP contribution is 2.11. The molecule has 0 saturated carbocycles. The summed E-state index contributed by atoms with van der Waals surface area (Å²) in [6.07, 6.45) is -0.779. The summed E-state index contributed by atoms with van der Waals surface area (Å²) in [6, 6.07) is 0. The summed E-state index contributed by atoms with van der Waals surface area (Å²) in [5.41, 5.74) is -0.504. The van der Waals surface area contributed by atoms with Crippen LogP contribution in [0.5, 0.6) is 0 Å². The van der Waals surface area contributed by atoms with Gasteiger partial charge in [0.05, 0.1) is 0 Å². The zero-order valence-corrected chi connectivity index (χ0v) is 9.46. The standard InChI is InChI=1S/C6H15B3N2O4/c1-6(2,3)4(12)10-8-11-5(13)15-9(7)14/h8,14H,7H2,1-3H3,(H,10,12)(H,11,13). The summed E-state index contributed by atoms with van der Waals surface area (Å²) in [5, 5.41) is 13.4. The van der Waals surface area contributed by atoms with Gasteiger partial charge in [-0.05, 0) is 0 Å². The van der Waals surface area contributed by atoms with Crippen LogP contribution in [0.25, 0.3) is 0 Å². The van der Waals surface area contributed by atoms with Crippen molar-refractivity contribution in [3.05, 3.63) is 0 Å². The third-order valence-corrected chi connectivity index (χ3v) is 1.44. The first-order valence-electron chi connectivity index (χ1n) is 4.64. The lowest BCUT2D eigenvalue weighted by molar-refractivity contribution is -0.126. The van der Waals surface area contributed by atoms with Gasteiger partial charge in [0.25, 0.3) is 0 Å². The molecule has 0 radical (unpaired) electrons. The highest BCUT2D eigenvalue weighted by molar-refractivity contribution is 6.95. The van der Waals surface area contributed by atoms with Crippen LogP contribution in [0.3, 0.4) is 0 Å². The van der Waals surface area contributed by atoms with Crippen LogP contribution < -0.4 is 10.5 Å². The predicted molar refractivity (Wildman–Crippen MR) is 60.9 cm³/mol. The fourth-order valence-electron chi connectivity index (χ4n) is 0.658. The Morgan fingerprint density at radius 1 is 1.40 bits per heavy atom. The average Bonchev–Trinajstić information content (AvgIpc) is 2.00. The van der Waals surface area contributed by atoms with Gasteiger partial charge in [-0.2, -0.15) is 0 Å². The quantitative estimate of drug-likeness (QED) is 0.461. The molecule has 2 amide bonds. The van der Waals surface area contributed by atoms with Gasteiger partial charge in [-0.1, -0.05) is 20.8 Å². The van der Waals surface area contributed by atoms with Crippen LogP contribution in [0.15, 0.2) is 0 Å². The minimum absolute atomic E-state index is 0.0261. The van der Waals surface area contributed by atoms with E-state index in [9.17, 15) is 9.59 Å². The summed E-state index contributed by atoms with van der Waals surface area (Å²) in [4.78, 5) is 22.2. The van der Waals surface area contributed by atoms with Crippen LogP contribution in [-0.4, -0.2) is 39.3 Å². The van der Waals surface area contributed by atoms with Crippen molar-refractivity contribution in [1.82, 2.24) is 10.5 Å². The van der Waals surface area contributed by atoms with Crippen molar-refractivity contribution in [2.45, 2.75) is 20.8 Å². The predicted octanol–water partition coefficient (Wildman–Crippen LogP) is -2.25. The molecule has 0 atom stereocenters. The lowest BCUT2D eigenvalue weighted by Crippen LogP contribution is -2.46. The van der Waals surface area contributed by atoms with Crippen LogP contribution in [0.1, 0.15) is 20.8 Å². The molecule has 0 aromatic rings. The monoisotopic (exact) mass is 212 g/mol. The molecule has 0 fully saturated rings. The fraction of sp³-hybridized carbons (Fsp3) is 0.667. The van der Waals surface area contributed by atoms with Gasteiger partial charge in [-0.25, -0.2) is 4.79 Å². The van der Waals surface area contributed by atoms with Crippen LogP contribution in [0, 0.1) is 5.41 Å². The Morgan fingerprint density at radius 3 is 2.33 bits per heavy atom. The smallest absolute Gasteiger partial charge is 0.462 e. The summed E-state index contributed by atoms with van der Waals surface area (Å²) in [5.74, 6) is -0.181. The Hall–Kier alpha value is -1.11. The Kier molecular flexibility index (Phi) is 5.28. The summed E-state index contributed by atoms with van der Waals surface area (Å²) in [7, 11) is 0.123. The van der Waals surface area contributed by atoms with E-state index in [4.69, 9.17) is 5.02 Å². The van der Waals surface area contributed by atoms with Crippen molar-refractivity contribution < 1.29 is 19.3 Å². The minimum Gasteiger partial charge on any atom is -0.501 e. The number of rotatable bonds is 3. The Morgan fingerprint density at radius 2 is 1.93 bits per heavy atom. The van der Waals surface area contributed by atoms with Gasteiger partial charge in [0.15, 0.2) is 7.74 Å². The van der Waals surface area contributed by atoms with E-state index < -0.39 is 18.5 Å². The Balaban J connectivity index is 3.72. The Bertz CT molecular complexity index is 241. The van der Waals surface area contributed by atoms with Gasteiger partial charge >= 0.3 is 20.7 Å². The van der Waals surface area contributed by atoms with Crippen molar-refractivity contribution in [1.29, 1.82) is 0 Å². The zero-order valence-electron chi connectivity index (χ0n) is 9.46. The van der Waals surface area contributed by atoms with Gasteiger partial charge in [0.1, 0.15) is 0 Å². The van der Waals surface area contributed by atoms with Crippen LogP contribution in [0.2, 0.25) is 0 Å². The Labute approximate surface area is 91.0 Å². The molecule has 0 aliphatic carbocycles. The second-order valence-electron chi connectivity index (χ2n) is 4.11. The lowest BCUT2D eigenvalue weighted by atomic mass is 9.64. The summed E-state index contributed by atoms with van der Waals surface area (Å²) in [6.45, 7) is 5.28. The number of carbonyl (C=O) groups excluding carboxylic acids is 2. The number of carbonyl (C=O) groups is 2. The molecule has 0 unspecified atom stereocenters. The van der Waals surface area contributed by atoms with Crippen molar-refractivity contribution in [2.75, 3.05) is 0 Å². The second kappa shape index (κ2) is 5.70. The maximum Gasteiger partial charge on any atom is 0.462 e. The molecule has 3 N–H and O–H groups in total. The molecule has 15 heavy (non-hydrogen) atoms. The largest absolute Gasteiger partial charge is 0.501 e. The molecule has 0 aliphatic rings. The molecular formula is C6H15B3N2O4. The van der Waals surface area contributed by atoms with Gasteiger partial charge in [-0.3, -0.25) is 4.79 Å². The van der Waals surface area contributed by atoms with E-state index in [-0.39, 0.29) is 13.5 Å². The highest BCUT2D eigenvalue weighted by Gasteiger charge is 2.21. The normalized spacial score (nSPS) is 10.1. The number of amides is 2. The minimum atomic E-state index is -1.16. The van der Waals surface area contributed by atoms with E-state index in [0.717, 1.165) is 0 Å². The highest BCUT2D eigenvalue weighted by atomic mass is 16.6. The van der Waals surface area contributed by atoms with Gasteiger partial charge in [0.2, 0.25) is 5.91 Å². The van der Waals surface area contributed by atoms with Gasteiger partial charge in [0, 0.05) is 5.41 Å². The third kappa shape index (κ3) is 6.90. The SMILES string of the molecule is BB(O)OC(=O)NBNC(=O)C(C)(C)C. The van der Waals surface area contributed by atoms with Gasteiger partial charge < -0.3 is 20.1 Å². The van der Waals surface area contributed by atoms with E-state index in [1.165, 1.54) is 7.74 Å². The van der Waals surface area contributed by atoms with Crippen molar-refractivity contribution in [2.24, 2.45) is 5.41 Å². The molecule has 0 aromatic heterocycles. The second-order valence-corrected chi connectivity index (χ2v) is 4.11. The molecule has 0 rings (SSSR count). The summed E-state index contributed by atoms with van der Waals surface area (Å²) < 4.78 is 4.37. The number of hydrogen-bond donors (Lipinski definition) is 3. The molecular weight excluding hydrogens is 197 g/mol.